The molecule has 0 fully saturated rings. The number of amides is 1. The summed E-state index contributed by atoms with van der Waals surface area (Å²) in [6, 6.07) is 16.3. The van der Waals surface area contributed by atoms with Gasteiger partial charge in [0.25, 0.3) is 5.91 Å². The van der Waals surface area contributed by atoms with Crippen molar-refractivity contribution in [3.8, 4) is 0 Å². The Kier molecular flexibility index (Phi) is 4.37. The summed E-state index contributed by atoms with van der Waals surface area (Å²) >= 11 is 0. The molecule has 1 atom stereocenters. The lowest BCUT2D eigenvalue weighted by Gasteiger charge is -2.12. The Labute approximate surface area is 141 Å². The third-order valence-electron chi connectivity index (χ3n) is 3.75. The molecule has 0 saturated heterocycles. The molecule has 1 amide bonds. The molecule has 24 heavy (non-hydrogen) atoms. The van der Waals surface area contributed by atoms with Gasteiger partial charge in [0.15, 0.2) is 6.04 Å². The predicted octanol–water partition coefficient (Wildman–Crippen LogP) is 3.63. The van der Waals surface area contributed by atoms with Crippen LogP contribution in [0.4, 0.5) is 17.1 Å². The zero-order chi connectivity index (χ0) is 17.1. The van der Waals surface area contributed by atoms with Crippen molar-refractivity contribution in [3.63, 3.8) is 0 Å². The van der Waals surface area contributed by atoms with Crippen LogP contribution in [0.25, 0.3) is 0 Å². The lowest BCUT2D eigenvalue weighted by Crippen LogP contribution is -2.29. The predicted molar refractivity (Wildman–Crippen MR) is 96.1 cm³/mol. The van der Waals surface area contributed by atoms with Crippen molar-refractivity contribution in [1.82, 2.24) is 0 Å². The molecule has 2 aromatic carbocycles. The number of hydrogen-bond donors (Lipinski definition) is 0. The van der Waals surface area contributed by atoms with Crippen molar-refractivity contribution >= 4 is 28.7 Å². The number of para-hydroxylation sites is 1. The molecule has 1 heterocycles. The van der Waals surface area contributed by atoms with Crippen LogP contribution in [0.1, 0.15) is 6.92 Å². The standard InChI is InChI=1S/C18H19N5O/c1-13-17(18(24)23(21-13)16-7-5-4-6-8-16)20-19-14-9-11-15(12-10-14)22(2)3/h4-12,17H,1-3H3/t17-/m1/s1. The van der Waals surface area contributed by atoms with Crippen molar-refractivity contribution in [2.24, 2.45) is 15.3 Å². The average molecular weight is 321 g/mol. The minimum Gasteiger partial charge on any atom is -0.378 e. The topological polar surface area (TPSA) is 60.6 Å². The van der Waals surface area contributed by atoms with E-state index in [4.69, 9.17) is 0 Å². The number of benzene rings is 2. The summed E-state index contributed by atoms with van der Waals surface area (Å²) in [6.07, 6.45) is 0. The molecule has 6 nitrogen and oxygen atoms in total. The zero-order valence-corrected chi connectivity index (χ0v) is 13.9. The molecule has 0 bridgehead atoms. The maximum absolute atomic E-state index is 12.5. The molecule has 0 saturated carbocycles. The molecule has 0 unspecified atom stereocenters. The van der Waals surface area contributed by atoms with Crippen molar-refractivity contribution in [3.05, 3.63) is 54.6 Å². The van der Waals surface area contributed by atoms with E-state index < -0.39 is 6.04 Å². The van der Waals surface area contributed by atoms with E-state index in [9.17, 15) is 4.79 Å². The fraction of sp³-hybridized carbons (Fsp3) is 0.222. The number of hydrazone groups is 1. The zero-order valence-electron chi connectivity index (χ0n) is 13.9. The highest BCUT2D eigenvalue weighted by molar-refractivity contribution is 6.18. The van der Waals surface area contributed by atoms with Crippen molar-refractivity contribution in [2.75, 3.05) is 24.0 Å². The number of nitrogens with zero attached hydrogens (tertiary/aromatic N) is 5. The van der Waals surface area contributed by atoms with Crippen molar-refractivity contribution < 1.29 is 4.79 Å². The normalized spacial score (nSPS) is 17.5. The van der Waals surface area contributed by atoms with E-state index in [1.165, 1.54) is 5.01 Å². The Morgan fingerprint density at radius 3 is 2.33 bits per heavy atom. The van der Waals surface area contributed by atoms with E-state index in [-0.39, 0.29) is 5.91 Å². The van der Waals surface area contributed by atoms with Crippen LogP contribution < -0.4 is 9.91 Å². The quantitative estimate of drug-likeness (QED) is 0.807. The van der Waals surface area contributed by atoms with Gasteiger partial charge in [0.1, 0.15) is 0 Å². The summed E-state index contributed by atoms with van der Waals surface area (Å²) in [5.74, 6) is -0.188. The number of carbonyl (C=O) groups excluding carboxylic acids is 1. The first-order valence-electron chi connectivity index (χ1n) is 7.68. The number of azo groups is 1. The number of anilines is 2. The van der Waals surface area contributed by atoms with Gasteiger partial charge in [-0.2, -0.15) is 20.3 Å². The third kappa shape index (κ3) is 3.17. The van der Waals surface area contributed by atoms with Gasteiger partial charge in [-0.25, -0.2) is 0 Å². The smallest absolute Gasteiger partial charge is 0.280 e. The Morgan fingerprint density at radius 2 is 1.71 bits per heavy atom. The molecule has 2 aromatic rings. The molecule has 0 aliphatic carbocycles. The van der Waals surface area contributed by atoms with Crippen LogP contribution in [0.3, 0.4) is 0 Å². The first-order valence-corrected chi connectivity index (χ1v) is 7.68. The molecule has 6 heteroatoms. The van der Waals surface area contributed by atoms with Gasteiger partial charge >= 0.3 is 0 Å². The van der Waals surface area contributed by atoms with Crippen molar-refractivity contribution in [1.29, 1.82) is 0 Å². The first-order chi connectivity index (χ1) is 11.6. The molecule has 3 rings (SSSR count). The number of carbonyl (C=O) groups is 1. The molecule has 1 aliphatic heterocycles. The van der Waals surface area contributed by atoms with Gasteiger partial charge in [0.2, 0.25) is 0 Å². The second kappa shape index (κ2) is 6.62. The molecule has 1 aliphatic rings. The van der Waals surface area contributed by atoms with E-state index >= 15 is 0 Å². The summed E-state index contributed by atoms with van der Waals surface area (Å²) in [4.78, 5) is 14.5. The second-order valence-corrected chi connectivity index (χ2v) is 5.76. The summed E-state index contributed by atoms with van der Waals surface area (Å²) < 4.78 is 0. The molecule has 0 aromatic heterocycles. The van der Waals surface area contributed by atoms with Crippen LogP contribution in [-0.4, -0.2) is 31.8 Å². The van der Waals surface area contributed by atoms with Gasteiger partial charge < -0.3 is 4.90 Å². The van der Waals surface area contributed by atoms with E-state index in [0.717, 1.165) is 11.4 Å². The minimum atomic E-state index is -0.668. The molecule has 122 valence electrons. The molecular weight excluding hydrogens is 302 g/mol. The fourth-order valence-electron chi connectivity index (χ4n) is 2.39. The van der Waals surface area contributed by atoms with E-state index in [2.05, 4.69) is 15.3 Å². The fourth-order valence-corrected chi connectivity index (χ4v) is 2.39. The average Bonchev–Trinajstić information content (AvgIpc) is 2.88. The van der Waals surface area contributed by atoms with Crippen LogP contribution >= 0.6 is 0 Å². The largest absolute Gasteiger partial charge is 0.378 e. The molecular formula is C18H19N5O. The lowest BCUT2D eigenvalue weighted by atomic mass is 10.2. The van der Waals surface area contributed by atoms with Gasteiger partial charge in [-0.15, -0.1) is 0 Å². The van der Waals surface area contributed by atoms with Gasteiger partial charge in [0.05, 0.1) is 17.1 Å². The highest BCUT2D eigenvalue weighted by Crippen LogP contribution is 2.24. The Balaban J connectivity index is 1.76. The maximum Gasteiger partial charge on any atom is 0.280 e. The summed E-state index contributed by atoms with van der Waals surface area (Å²) in [5, 5.41) is 14.1. The molecule has 0 radical (unpaired) electrons. The highest BCUT2D eigenvalue weighted by Gasteiger charge is 2.34. The Morgan fingerprint density at radius 1 is 1.04 bits per heavy atom. The van der Waals surface area contributed by atoms with Crippen LogP contribution in [0.2, 0.25) is 0 Å². The third-order valence-corrected chi connectivity index (χ3v) is 3.75. The number of rotatable bonds is 4. The monoisotopic (exact) mass is 321 g/mol. The lowest BCUT2D eigenvalue weighted by molar-refractivity contribution is -0.117. The number of hydrogen-bond acceptors (Lipinski definition) is 5. The Bertz CT molecular complexity index is 781. The molecule has 0 N–H and O–H groups in total. The second-order valence-electron chi connectivity index (χ2n) is 5.76. The minimum absolute atomic E-state index is 0.188. The van der Waals surface area contributed by atoms with Gasteiger partial charge in [-0.3, -0.25) is 4.79 Å². The van der Waals surface area contributed by atoms with Crippen LogP contribution in [0.15, 0.2) is 69.9 Å². The van der Waals surface area contributed by atoms with E-state index in [0.29, 0.717) is 11.4 Å². The Hall–Kier alpha value is -3.02. The van der Waals surface area contributed by atoms with Crippen LogP contribution in [0, 0.1) is 0 Å². The van der Waals surface area contributed by atoms with Gasteiger partial charge in [-0.05, 0) is 43.3 Å². The summed E-state index contributed by atoms with van der Waals surface area (Å²) in [6.45, 7) is 1.79. The van der Waals surface area contributed by atoms with Crippen molar-refractivity contribution in [2.45, 2.75) is 13.0 Å². The SMILES string of the molecule is CC1=NN(c2ccccc2)C(=O)[C@@H]1N=Nc1ccc(N(C)C)cc1. The maximum atomic E-state index is 12.5. The van der Waals surface area contributed by atoms with Crippen LogP contribution in [0.5, 0.6) is 0 Å². The van der Waals surface area contributed by atoms with E-state index in [1.54, 1.807) is 6.92 Å². The van der Waals surface area contributed by atoms with Gasteiger partial charge in [0, 0.05) is 19.8 Å². The summed E-state index contributed by atoms with van der Waals surface area (Å²) in [5.41, 5.74) is 3.16. The molecule has 0 spiro atoms. The summed E-state index contributed by atoms with van der Waals surface area (Å²) in [7, 11) is 3.96. The highest BCUT2D eigenvalue weighted by atomic mass is 16.2. The van der Waals surface area contributed by atoms with Gasteiger partial charge in [-0.1, -0.05) is 18.2 Å². The first kappa shape index (κ1) is 15.9. The van der Waals surface area contributed by atoms with Crippen LogP contribution in [-0.2, 0) is 4.79 Å². The van der Waals surface area contributed by atoms with E-state index in [1.807, 2.05) is 73.6 Å².